The Morgan fingerprint density at radius 2 is 1.52 bits per heavy atom. The number of fused-ring (bicyclic) bond motifs is 1. The summed E-state index contributed by atoms with van der Waals surface area (Å²) in [5.41, 5.74) is -0.574. The van der Waals surface area contributed by atoms with Crippen LogP contribution in [-0.4, -0.2) is 147 Å². The number of aromatic nitrogens is 1. The number of methoxy groups -OCH3 is 1. The summed E-state index contributed by atoms with van der Waals surface area (Å²) >= 11 is 0. The van der Waals surface area contributed by atoms with Crippen molar-refractivity contribution in [3.8, 4) is 0 Å². The molecule has 1 aromatic heterocycles. The quantitative estimate of drug-likeness (QED) is 0.0874. The summed E-state index contributed by atoms with van der Waals surface area (Å²) < 4.78 is 52.0. The number of amides is 7. The highest BCUT2D eigenvalue weighted by atomic mass is 19.4. The molecule has 4 fully saturated rings. The molecule has 18 nitrogen and oxygen atoms in total. The van der Waals surface area contributed by atoms with Crippen LogP contribution in [0.2, 0.25) is 0 Å². The van der Waals surface area contributed by atoms with Gasteiger partial charge in [-0.25, -0.2) is 0 Å². The third-order valence-corrected chi connectivity index (χ3v) is 15.4. The number of carbonyl (C=O) groups is 7. The molecule has 6 rings (SSSR count). The number of nitrogens with zero attached hydrogens (tertiary/aromatic N) is 3. The van der Waals surface area contributed by atoms with E-state index in [0.717, 1.165) is 25.1 Å². The number of hydrogen-bond acceptors (Lipinski definition) is 11. The molecule has 7 amide bonds. The monoisotopic (exact) mass is 1000 g/mol. The van der Waals surface area contributed by atoms with Gasteiger partial charge in [0.1, 0.15) is 0 Å². The molecule has 5 aliphatic rings. The molecule has 396 valence electrons. The normalized spacial score (nSPS) is 26.6. The molecule has 0 bridgehead atoms. The van der Waals surface area contributed by atoms with Crippen molar-refractivity contribution in [2.24, 2.45) is 17.3 Å². The van der Waals surface area contributed by atoms with Gasteiger partial charge in [0, 0.05) is 134 Å². The van der Waals surface area contributed by atoms with E-state index in [2.05, 4.69) is 36.9 Å². The minimum atomic E-state index is -4.54. The van der Waals surface area contributed by atoms with Crippen LogP contribution in [-0.2, 0) is 62.2 Å². The van der Waals surface area contributed by atoms with Crippen molar-refractivity contribution >= 4 is 41.4 Å². The number of pyridine rings is 1. The van der Waals surface area contributed by atoms with E-state index in [4.69, 9.17) is 9.47 Å². The summed E-state index contributed by atoms with van der Waals surface area (Å²) in [7, 11) is 3.35. The predicted octanol–water partition coefficient (Wildman–Crippen LogP) is 3.04. The first kappa shape index (κ1) is 55.4. The van der Waals surface area contributed by atoms with E-state index in [9.17, 15) is 46.7 Å². The molecule has 6 N–H and O–H groups in total. The van der Waals surface area contributed by atoms with E-state index in [1.807, 2.05) is 6.92 Å². The van der Waals surface area contributed by atoms with Gasteiger partial charge in [0.25, 0.3) is 0 Å². The van der Waals surface area contributed by atoms with E-state index in [1.165, 1.54) is 0 Å². The van der Waals surface area contributed by atoms with Crippen LogP contribution in [0.1, 0.15) is 133 Å². The van der Waals surface area contributed by atoms with E-state index in [0.29, 0.717) is 134 Å². The largest absolute Gasteiger partial charge is 0.417 e. The highest BCUT2D eigenvalue weighted by molar-refractivity contribution is 5.90. The molecule has 0 unspecified atom stereocenters. The fourth-order valence-electron chi connectivity index (χ4n) is 10.9. The highest BCUT2D eigenvalue weighted by Gasteiger charge is 2.48. The minimum absolute atomic E-state index is 0.0422. The van der Waals surface area contributed by atoms with Crippen LogP contribution >= 0.6 is 0 Å². The lowest BCUT2D eigenvalue weighted by Crippen LogP contribution is -2.51. The lowest BCUT2D eigenvalue weighted by Gasteiger charge is -2.38. The summed E-state index contributed by atoms with van der Waals surface area (Å²) in [4.78, 5) is 96.8. The Balaban J connectivity index is 0.838. The van der Waals surface area contributed by atoms with Gasteiger partial charge in [-0.2, -0.15) is 13.2 Å². The smallest absolute Gasteiger partial charge is 0.379 e. The second-order valence-electron chi connectivity index (χ2n) is 20.3. The topological polar surface area (TPSA) is 230 Å². The summed E-state index contributed by atoms with van der Waals surface area (Å²) in [6, 6.07) is 1.02. The van der Waals surface area contributed by atoms with Crippen molar-refractivity contribution in [2.45, 2.75) is 165 Å². The van der Waals surface area contributed by atoms with Crippen molar-refractivity contribution in [1.29, 1.82) is 0 Å². The molecule has 0 aromatic carbocycles. The molecular weight excluding hydrogens is 928 g/mol. The maximum Gasteiger partial charge on any atom is 0.417 e. The SMILES string of the molecule is CO[C@@H]1COCC[C@@H]1N[C@@H]1CC[C@](CCCNC(=O)[C@H]2CC[C@@H](NC(=O)CCCC(=O)NCCCC(=O)NCCCNC(=O)[C@H]3CC(=O)N(C)[C@@H]3C)CC2)(C(=O)N2CCc3ncc(C(F)(F)F)cc3C2)C1. The Hall–Kier alpha value is -4.89. The fraction of sp³-hybridized carbons (Fsp3) is 0.760. The zero-order valence-corrected chi connectivity index (χ0v) is 41.7. The van der Waals surface area contributed by atoms with Gasteiger partial charge in [-0.05, 0) is 102 Å². The number of halogens is 3. The van der Waals surface area contributed by atoms with Crippen molar-refractivity contribution in [3.05, 3.63) is 29.1 Å². The Morgan fingerprint density at radius 3 is 2.23 bits per heavy atom. The van der Waals surface area contributed by atoms with Crippen LogP contribution in [0.15, 0.2) is 12.3 Å². The maximum absolute atomic E-state index is 14.5. The standard InChI is InChI=1S/C50H76F3N9O9/c1-32-38(27-45(66)61(32)2)47(68)57-23-7-22-55-43(64)10-5-20-54-42(63)8-4-9-44(65)60-36-13-11-33(12-14-36)46(67)56-21-6-18-49(19-15-37(28-49)59-40-17-25-71-31-41(40)70-3)48(69)62-24-16-39-34(30-62)26-35(29-58-39)50(51,52)53/h26,29,32-33,36-38,40-41,59H,4-25,27-28,30-31H2,1-3H3,(H,54,63)(H,55,64)(H,56,67)(H,57,68)(H,60,65)/t32-,33-,36+,37-,38+,40+,41-,49+/m1/s1. The zero-order chi connectivity index (χ0) is 51.1. The maximum atomic E-state index is 14.5. The second-order valence-corrected chi connectivity index (χ2v) is 20.3. The number of carbonyl (C=O) groups excluding carboxylic acids is 7. The van der Waals surface area contributed by atoms with Gasteiger partial charge in [-0.15, -0.1) is 0 Å². The number of likely N-dealkylation sites (tertiary alicyclic amines) is 1. The first-order chi connectivity index (χ1) is 34.0. The molecule has 1 aromatic rings. The lowest BCUT2D eigenvalue weighted by atomic mass is 9.79. The summed E-state index contributed by atoms with van der Waals surface area (Å²) in [6.07, 6.45) is 5.11. The average molecular weight is 1000 g/mol. The number of nitrogens with one attached hydrogen (secondary N) is 6. The molecule has 2 saturated carbocycles. The van der Waals surface area contributed by atoms with Gasteiger partial charge in [0.2, 0.25) is 41.4 Å². The minimum Gasteiger partial charge on any atom is -0.379 e. The van der Waals surface area contributed by atoms with Crippen molar-refractivity contribution in [1.82, 2.24) is 46.7 Å². The predicted molar refractivity (Wildman–Crippen MR) is 255 cm³/mol. The van der Waals surface area contributed by atoms with Gasteiger partial charge in [0.05, 0.1) is 29.6 Å². The second kappa shape index (κ2) is 26.2. The third kappa shape index (κ3) is 15.8. The fourth-order valence-corrected chi connectivity index (χ4v) is 10.9. The van der Waals surface area contributed by atoms with Crippen LogP contribution in [0.4, 0.5) is 13.2 Å². The van der Waals surface area contributed by atoms with Crippen LogP contribution in [0.25, 0.3) is 0 Å². The van der Waals surface area contributed by atoms with Crippen molar-refractivity contribution in [3.63, 3.8) is 0 Å². The molecule has 6 atom stereocenters. The molecular formula is C50H76F3N9O9. The van der Waals surface area contributed by atoms with E-state index in [1.54, 1.807) is 24.0 Å². The first-order valence-corrected chi connectivity index (χ1v) is 25.8. The molecule has 0 spiro atoms. The van der Waals surface area contributed by atoms with Crippen molar-refractivity contribution < 1.29 is 56.2 Å². The van der Waals surface area contributed by atoms with Crippen LogP contribution in [0.5, 0.6) is 0 Å². The Morgan fingerprint density at radius 1 is 0.845 bits per heavy atom. The summed E-state index contributed by atoms with van der Waals surface area (Å²) in [5.74, 6) is -1.39. The Bertz CT molecular complexity index is 2020. The molecule has 71 heavy (non-hydrogen) atoms. The van der Waals surface area contributed by atoms with E-state index in [-0.39, 0.29) is 116 Å². The number of hydrogen-bond donors (Lipinski definition) is 6. The molecule has 21 heteroatoms. The highest BCUT2D eigenvalue weighted by Crippen LogP contribution is 2.45. The van der Waals surface area contributed by atoms with Crippen LogP contribution in [0, 0.1) is 17.3 Å². The van der Waals surface area contributed by atoms with Crippen molar-refractivity contribution in [2.75, 3.05) is 60.1 Å². The Kier molecular flexibility index (Phi) is 20.4. The summed E-state index contributed by atoms with van der Waals surface area (Å²) in [6.45, 7) is 4.88. The van der Waals surface area contributed by atoms with Crippen LogP contribution < -0.4 is 31.9 Å². The molecule has 2 aliphatic carbocycles. The van der Waals surface area contributed by atoms with Gasteiger partial charge in [0.15, 0.2) is 0 Å². The summed E-state index contributed by atoms with van der Waals surface area (Å²) in [5, 5.41) is 18.3. The molecule has 0 radical (unpaired) electrons. The zero-order valence-electron chi connectivity index (χ0n) is 41.7. The van der Waals surface area contributed by atoms with Gasteiger partial charge >= 0.3 is 6.18 Å². The number of ether oxygens (including phenoxy) is 2. The van der Waals surface area contributed by atoms with E-state index < -0.39 is 17.2 Å². The van der Waals surface area contributed by atoms with Gasteiger partial charge in [-0.1, -0.05) is 0 Å². The molecule has 3 aliphatic heterocycles. The average Bonchev–Trinajstić information content (AvgIpc) is 3.89. The number of alkyl halides is 3. The molecule has 4 heterocycles. The third-order valence-electron chi connectivity index (χ3n) is 15.4. The Labute approximate surface area is 415 Å². The first-order valence-electron chi connectivity index (χ1n) is 25.8. The van der Waals surface area contributed by atoms with Gasteiger partial charge in [-0.3, -0.25) is 38.5 Å². The molecule has 2 saturated heterocycles. The van der Waals surface area contributed by atoms with E-state index >= 15 is 0 Å². The van der Waals surface area contributed by atoms with Gasteiger partial charge < -0.3 is 51.2 Å². The lowest BCUT2D eigenvalue weighted by molar-refractivity contribution is -0.143. The van der Waals surface area contributed by atoms with Crippen LogP contribution in [0.3, 0.4) is 0 Å². The number of rotatable bonds is 23.